The van der Waals surface area contributed by atoms with E-state index >= 15 is 0 Å². The summed E-state index contributed by atoms with van der Waals surface area (Å²) in [6.07, 6.45) is 3.23. The molecule has 212 valence electrons. The molecule has 0 saturated heterocycles. The Kier molecular flexibility index (Phi) is 9.70. The fourth-order valence-electron chi connectivity index (χ4n) is 4.33. The molecule has 0 radical (unpaired) electrons. The first-order valence-electron chi connectivity index (χ1n) is 12.9. The number of esters is 1. The van der Waals surface area contributed by atoms with Crippen LogP contribution in [0.15, 0.2) is 56.4 Å². The van der Waals surface area contributed by atoms with Gasteiger partial charge in [-0.05, 0) is 69.2 Å². The third-order valence-corrected chi connectivity index (χ3v) is 7.64. The molecule has 0 amide bonds. The number of hydrogen-bond donors (Lipinski definition) is 0. The molecule has 9 nitrogen and oxygen atoms in total. The number of halogens is 1. The van der Waals surface area contributed by atoms with Crippen LogP contribution >= 0.6 is 27.3 Å². The second kappa shape index (κ2) is 13.2. The molecule has 2 heterocycles. The van der Waals surface area contributed by atoms with E-state index in [1.807, 2.05) is 45.9 Å². The third-order valence-electron chi connectivity index (χ3n) is 5.96. The number of methoxy groups -OCH3 is 1. The lowest BCUT2D eigenvalue weighted by Gasteiger charge is -2.23. The van der Waals surface area contributed by atoms with Crippen molar-refractivity contribution in [2.24, 2.45) is 4.99 Å². The van der Waals surface area contributed by atoms with Gasteiger partial charge in [0.1, 0.15) is 0 Å². The number of hydrogen-bond acceptors (Lipinski definition) is 9. The lowest BCUT2D eigenvalue weighted by atomic mass is 9.97. The Labute approximate surface area is 244 Å². The first-order chi connectivity index (χ1) is 19.4. The Hall–Kier alpha value is -3.57. The standard InChI is InChI=1S/C29H31BrN2O7S/c1-6-36-21-11-10-17(12-22(21)37-7-2)26-19(28(34)35-5)16-31-29-32(26)27(33)25(40-29)14-18-13-23(38-8-3)24(39-9-4)15-20(18)30/h10-16,26H,6-9H2,1-5H3/b25-14-/t26-/m0/s1. The van der Waals surface area contributed by atoms with Crippen LogP contribution in [0.5, 0.6) is 23.0 Å². The summed E-state index contributed by atoms with van der Waals surface area (Å²) >= 11 is 4.82. The number of fused-ring (bicyclic) bond motifs is 1. The van der Waals surface area contributed by atoms with Gasteiger partial charge in [-0.3, -0.25) is 9.36 Å². The van der Waals surface area contributed by atoms with Crippen LogP contribution in [0.25, 0.3) is 6.08 Å². The van der Waals surface area contributed by atoms with Crippen molar-refractivity contribution in [1.29, 1.82) is 0 Å². The van der Waals surface area contributed by atoms with Gasteiger partial charge in [0.05, 0.1) is 49.7 Å². The smallest absolute Gasteiger partial charge is 0.337 e. The van der Waals surface area contributed by atoms with E-state index in [9.17, 15) is 9.59 Å². The molecule has 40 heavy (non-hydrogen) atoms. The third kappa shape index (κ3) is 5.95. The van der Waals surface area contributed by atoms with Gasteiger partial charge < -0.3 is 23.7 Å². The highest BCUT2D eigenvalue weighted by Crippen LogP contribution is 2.36. The number of carbonyl (C=O) groups is 1. The summed E-state index contributed by atoms with van der Waals surface area (Å²) in [4.78, 5) is 31.6. The predicted molar refractivity (Wildman–Crippen MR) is 156 cm³/mol. The molecule has 0 fully saturated rings. The van der Waals surface area contributed by atoms with E-state index < -0.39 is 12.0 Å². The van der Waals surface area contributed by atoms with Crippen LogP contribution in [-0.4, -0.2) is 44.1 Å². The molecular weight excluding hydrogens is 600 g/mol. The van der Waals surface area contributed by atoms with Crippen molar-refractivity contribution < 1.29 is 28.5 Å². The van der Waals surface area contributed by atoms with Gasteiger partial charge in [0.15, 0.2) is 27.8 Å². The van der Waals surface area contributed by atoms with Gasteiger partial charge in [0, 0.05) is 10.7 Å². The summed E-state index contributed by atoms with van der Waals surface area (Å²) in [5.74, 6) is 1.71. The van der Waals surface area contributed by atoms with E-state index in [0.29, 0.717) is 64.3 Å². The molecule has 0 saturated carbocycles. The van der Waals surface area contributed by atoms with E-state index in [-0.39, 0.29) is 11.1 Å². The van der Waals surface area contributed by atoms with Crippen LogP contribution in [-0.2, 0) is 9.53 Å². The Morgan fingerprint density at radius 1 is 0.950 bits per heavy atom. The average molecular weight is 632 g/mol. The van der Waals surface area contributed by atoms with Crippen LogP contribution in [0.3, 0.4) is 0 Å². The average Bonchev–Trinajstić information content (AvgIpc) is 3.26. The molecule has 1 atom stereocenters. The van der Waals surface area contributed by atoms with Crippen LogP contribution < -0.4 is 33.8 Å². The number of nitrogens with zero attached hydrogens (tertiary/aromatic N) is 2. The minimum atomic E-state index is -0.775. The topological polar surface area (TPSA) is 97.6 Å². The predicted octanol–water partition coefficient (Wildman–Crippen LogP) is 4.38. The van der Waals surface area contributed by atoms with E-state index in [2.05, 4.69) is 20.9 Å². The molecule has 1 aliphatic rings. The SMILES string of the molecule is CCOc1ccc([C@H]2C(C(=O)OC)=CN=c3s/c(=C\c4cc(OCC)c(OCC)cc4Br)c(=O)n32)cc1OCC. The Bertz CT molecular complexity index is 1610. The van der Waals surface area contributed by atoms with Gasteiger partial charge >= 0.3 is 5.97 Å². The zero-order chi connectivity index (χ0) is 28.8. The molecule has 11 heteroatoms. The number of rotatable bonds is 11. The Balaban J connectivity index is 1.90. The summed E-state index contributed by atoms with van der Waals surface area (Å²) in [5, 5.41) is 0. The number of carbonyl (C=O) groups excluding carboxylic acids is 1. The molecule has 0 N–H and O–H groups in total. The first kappa shape index (κ1) is 29.4. The molecule has 0 spiro atoms. The van der Waals surface area contributed by atoms with Gasteiger partial charge in [-0.15, -0.1) is 0 Å². The maximum atomic E-state index is 13.9. The van der Waals surface area contributed by atoms with E-state index in [1.54, 1.807) is 18.2 Å². The molecule has 1 aliphatic heterocycles. The van der Waals surface area contributed by atoms with Gasteiger partial charge in [0.2, 0.25) is 0 Å². The van der Waals surface area contributed by atoms with Crippen LogP contribution in [0.1, 0.15) is 44.9 Å². The molecule has 0 unspecified atom stereocenters. The second-order valence-corrected chi connectivity index (χ2v) is 10.3. The monoisotopic (exact) mass is 630 g/mol. The summed E-state index contributed by atoms with van der Waals surface area (Å²) in [6, 6.07) is 8.26. The Morgan fingerprint density at radius 2 is 1.55 bits per heavy atom. The number of benzene rings is 2. The van der Waals surface area contributed by atoms with Gasteiger partial charge in [-0.2, -0.15) is 0 Å². The number of thiazole rings is 1. The highest BCUT2D eigenvalue weighted by Gasteiger charge is 2.31. The lowest BCUT2D eigenvalue weighted by Crippen LogP contribution is -2.39. The van der Waals surface area contributed by atoms with Crippen LogP contribution in [0, 0.1) is 0 Å². The van der Waals surface area contributed by atoms with Gasteiger partial charge in [-0.1, -0.05) is 33.3 Å². The second-order valence-electron chi connectivity index (χ2n) is 8.43. The minimum Gasteiger partial charge on any atom is -0.490 e. The fourth-order valence-corrected chi connectivity index (χ4v) is 5.72. The van der Waals surface area contributed by atoms with Crippen molar-refractivity contribution in [3.8, 4) is 23.0 Å². The first-order valence-corrected chi connectivity index (χ1v) is 14.6. The maximum absolute atomic E-state index is 13.9. The van der Waals surface area contributed by atoms with Crippen LogP contribution in [0.2, 0.25) is 0 Å². The number of aromatic nitrogens is 1. The summed E-state index contributed by atoms with van der Waals surface area (Å²) in [7, 11) is 1.30. The Morgan fingerprint density at radius 3 is 2.17 bits per heavy atom. The maximum Gasteiger partial charge on any atom is 0.337 e. The summed E-state index contributed by atoms with van der Waals surface area (Å²) < 4.78 is 30.7. The molecular formula is C29H31BrN2O7S. The van der Waals surface area contributed by atoms with E-state index in [0.717, 1.165) is 10.0 Å². The zero-order valence-electron chi connectivity index (χ0n) is 23.0. The van der Waals surface area contributed by atoms with Crippen molar-refractivity contribution in [2.75, 3.05) is 33.5 Å². The van der Waals surface area contributed by atoms with Crippen molar-refractivity contribution in [1.82, 2.24) is 4.57 Å². The van der Waals surface area contributed by atoms with Gasteiger partial charge in [0.25, 0.3) is 5.56 Å². The fraction of sp³-hybridized carbons (Fsp3) is 0.345. The van der Waals surface area contributed by atoms with E-state index in [4.69, 9.17) is 23.7 Å². The molecule has 1 aromatic heterocycles. The van der Waals surface area contributed by atoms with E-state index in [1.165, 1.54) is 29.2 Å². The quantitative estimate of drug-likeness (QED) is 0.290. The van der Waals surface area contributed by atoms with Crippen molar-refractivity contribution >= 4 is 39.3 Å². The zero-order valence-corrected chi connectivity index (χ0v) is 25.4. The van der Waals surface area contributed by atoms with Crippen molar-refractivity contribution in [3.63, 3.8) is 0 Å². The molecule has 4 rings (SSSR count). The summed E-state index contributed by atoms with van der Waals surface area (Å²) in [6.45, 7) is 9.41. The molecule has 3 aromatic rings. The van der Waals surface area contributed by atoms with Gasteiger partial charge in [-0.25, -0.2) is 9.79 Å². The highest BCUT2D eigenvalue weighted by molar-refractivity contribution is 9.10. The summed E-state index contributed by atoms with van der Waals surface area (Å²) in [5.41, 5.74) is 1.33. The van der Waals surface area contributed by atoms with Crippen LogP contribution in [0.4, 0.5) is 0 Å². The van der Waals surface area contributed by atoms with Crippen molar-refractivity contribution in [2.45, 2.75) is 33.7 Å². The normalized spacial score (nSPS) is 14.6. The highest BCUT2D eigenvalue weighted by atomic mass is 79.9. The number of ether oxygens (including phenoxy) is 5. The molecule has 2 aromatic carbocycles. The molecule has 0 bridgehead atoms. The largest absolute Gasteiger partial charge is 0.490 e. The van der Waals surface area contributed by atoms with Crippen molar-refractivity contribution in [3.05, 3.63) is 77.4 Å². The lowest BCUT2D eigenvalue weighted by molar-refractivity contribution is -0.136. The minimum absolute atomic E-state index is 0.230. The molecule has 0 aliphatic carbocycles.